The lowest BCUT2D eigenvalue weighted by molar-refractivity contribution is -0.118. The number of hydrogen-bond donors (Lipinski definition) is 2. The Morgan fingerprint density at radius 1 is 1.06 bits per heavy atom. The molecule has 0 aliphatic carbocycles. The number of sulfonamides is 1. The Kier molecular flexibility index (Phi) is 7.27. The first-order valence-electron chi connectivity index (χ1n) is 9.29. The van der Waals surface area contributed by atoms with Crippen LogP contribution in [0.25, 0.3) is 0 Å². The maximum atomic E-state index is 13.2. The molecule has 0 aromatic heterocycles. The molecule has 0 spiro atoms. The fourth-order valence-corrected chi connectivity index (χ4v) is 4.16. The number of nitrogens with one attached hydrogen (secondary N) is 2. The largest absolute Gasteiger partial charge is 0.484 e. The summed E-state index contributed by atoms with van der Waals surface area (Å²) in [6.45, 7) is 1.45. The van der Waals surface area contributed by atoms with Crippen LogP contribution < -0.4 is 14.8 Å². The van der Waals surface area contributed by atoms with Gasteiger partial charge in [0.05, 0.1) is 9.92 Å². The third-order valence-corrected chi connectivity index (χ3v) is 6.19. The molecule has 3 aromatic rings. The van der Waals surface area contributed by atoms with Gasteiger partial charge < -0.3 is 10.1 Å². The molecule has 3 aromatic carbocycles. The first-order valence-corrected chi connectivity index (χ1v) is 11.2. The topological polar surface area (TPSA) is 84.5 Å². The summed E-state index contributed by atoms with van der Waals surface area (Å²) in [4.78, 5) is 12.1. The molecule has 2 N–H and O–H groups in total. The Bertz CT molecular complexity index is 1160. The second-order valence-corrected chi connectivity index (χ2v) is 8.81. The molecule has 0 saturated heterocycles. The predicted octanol–water partition coefficient (Wildman–Crippen LogP) is 4.54. The molecule has 3 rings (SSSR count). The van der Waals surface area contributed by atoms with E-state index in [0.29, 0.717) is 11.4 Å². The number of amides is 1. The molecule has 9 heteroatoms. The van der Waals surface area contributed by atoms with E-state index in [2.05, 4.69) is 10.0 Å². The van der Waals surface area contributed by atoms with E-state index in [4.69, 9.17) is 16.3 Å². The van der Waals surface area contributed by atoms with Gasteiger partial charge >= 0.3 is 0 Å². The van der Waals surface area contributed by atoms with Crippen LogP contribution in [0.2, 0.25) is 5.02 Å². The molecule has 0 aliphatic rings. The summed E-state index contributed by atoms with van der Waals surface area (Å²) in [5.41, 5.74) is 1.18. The zero-order chi connectivity index (χ0) is 22.4. The molecule has 6 nitrogen and oxygen atoms in total. The second-order valence-electron chi connectivity index (χ2n) is 6.69. The van der Waals surface area contributed by atoms with E-state index in [1.165, 1.54) is 36.4 Å². The molecule has 162 valence electrons. The van der Waals surface area contributed by atoms with Crippen LogP contribution in [-0.2, 0) is 14.8 Å². The van der Waals surface area contributed by atoms with Crippen molar-refractivity contribution in [1.82, 2.24) is 4.72 Å². The molecule has 1 amide bonds. The Morgan fingerprint density at radius 3 is 2.39 bits per heavy atom. The van der Waals surface area contributed by atoms with Crippen molar-refractivity contribution < 1.29 is 22.3 Å². The van der Waals surface area contributed by atoms with Crippen LogP contribution in [0.1, 0.15) is 18.5 Å². The van der Waals surface area contributed by atoms with Crippen molar-refractivity contribution in [3.8, 4) is 5.75 Å². The van der Waals surface area contributed by atoms with E-state index in [0.717, 1.165) is 11.6 Å². The highest BCUT2D eigenvalue weighted by Crippen LogP contribution is 2.21. The van der Waals surface area contributed by atoms with Crippen molar-refractivity contribution in [2.24, 2.45) is 0 Å². The average molecular weight is 463 g/mol. The monoisotopic (exact) mass is 462 g/mol. The Balaban J connectivity index is 1.56. The highest BCUT2D eigenvalue weighted by Gasteiger charge is 2.18. The number of carbonyl (C=O) groups is 1. The van der Waals surface area contributed by atoms with Gasteiger partial charge in [-0.15, -0.1) is 0 Å². The van der Waals surface area contributed by atoms with Crippen LogP contribution in [0, 0.1) is 5.82 Å². The predicted molar refractivity (Wildman–Crippen MR) is 117 cm³/mol. The summed E-state index contributed by atoms with van der Waals surface area (Å²) in [6.07, 6.45) is 0. The Morgan fingerprint density at radius 2 is 1.74 bits per heavy atom. The minimum atomic E-state index is -3.73. The molecule has 31 heavy (non-hydrogen) atoms. The summed E-state index contributed by atoms with van der Waals surface area (Å²) in [5.74, 6) is -0.737. The quantitative estimate of drug-likeness (QED) is 0.515. The first-order chi connectivity index (χ1) is 14.7. The van der Waals surface area contributed by atoms with Gasteiger partial charge in [-0.25, -0.2) is 17.5 Å². The fraction of sp³-hybridized carbons (Fsp3) is 0.136. The standard InChI is InChI=1S/C22H20ClFN2O4S/c1-15(16-5-3-2-4-6-16)26-31(28,29)19-10-8-18(9-11-19)30-14-22(27)25-17-7-12-21(24)20(23)13-17/h2-13,15,26H,14H2,1H3,(H,25,27)/t15-/m1/s1. The minimum Gasteiger partial charge on any atom is -0.484 e. The zero-order valence-corrected chi connectivity index (χ0v) is 18.1. The number of hydrogen-bond acceptors (Lipinski definition) is 4. The first kappa shape index (κ1) is 22.7. The molecular formula is C22H20ClFN2O4S. The molecule has 0 aliphatic heterocycles. The summed E-state index contributed by atoms with van der Waals surface area (Å²) < 4.78 is 46.4. The maximum Gasteiger partial charge on any atom is 0.262 e. The van der Waals surface area contributed by atoms with E-state index >= 15 is 0 Å². The van der Waals surface area contributed by atoms with Crippen LogP contribution in [0.15, 0.2) is 77.7 Å². The summed E-state index contributed by atoms with van der Waals surface area (Å²) in [6, 6.07) is 18.4. The van der Waals surface area contributed by atoms with E-state index in [1.54, 1.807) is 6.92 Å². The number of halogens is 2. The van der Waals surface area contributed by atoms with Gasteiger partial charge in [0.2, 0.25) is 10.0 Å². The molecule has 0 saturated carbocycles. The zero-order valence-electron chi connectivity index (χ0n) is 16.5. The highest BCUT2D eigenvalue weighted by atomic mass is 35.5. The van der Waals surface area contributed by atoms with Gasteiger partial charge in [-0.1, -0.05) is 41.9 Å². The maximum absolute atomic E-state index is 13.2. The van der Waals surface area contributed by atoms with Crippen LogP contribution in [-0.4, -0.2) is 20.9 Å². The van der Waals surface area contributed by atoms with Gasteiger partial charge in [0, 0.05) is 11.7 Å². The van der Waals surface area contributed by atoms with Crippen LogP contribution in [0.4, 0.5) is 10.1 Å². The van der Waals surface area contributed by atoms with E-state index in [1.807, 2.05) is 30.3 Å². The van der Waals surface area contributed by atoms with E-state index < -0.39 is 27.8 Å². The smallest absolute Gasteiger partial charge is 0.262 e. The van der Waals surface area contributed by atoms with Crippen molar-refractivity contribution >= 4 is 33.2 Å². The van der Waals surface area contributed by atoms with Crippen molar-refractivity contribution in [2.45, 2.75) is 17.9 Å². The number of anilines is 1. The molecule has 0 unspecified atom stereocenters. The molecule has 1 atom stereocenters. The second kappa shape index (κ2) is 9.91. The van der Waals surface area contributed by atoms with Gasteiger partial charge in [-0.05, 0) is 55.0 Å². The molecule has 0 radical (unpaired) electrons. The van der Waals surface area contributed by atoms with Crippen LogP contribution in [0.3, 0.4) is 0 Å². The normalized spacial score (nSPS) is 12.2. The molecule has 0 bridgehead atoms. The number of ether oxygens (including phenoxy) is 1. The number of benzene rings is 3. The van der Waals surface area contributed by atoms with Crippen molar-refractivity contribution in [1.29, 1.82) is 0 Å². The van der Waals surface area contributed by atoms with E-state index in [9.17, 15) is 17.6 Å². The van der Waals surface area contributed by atoms with Gasteiger partial charge in [0.1, 0.15) is 11.6 Å². The third-order valence-electron chi connectivity index (χ3n) is 4.34. The molecule has 0 heterocycles. The lowest BCUT2D eigenvalue weighted by Crippen LogP contribution is -2.26. The van der Waals surface area contributed by atoms with E-state index in [-0.39, 0.29) is 16.5 Å². The lowest BCUT2D eigenvalue weighted by atomic mass is 10.1. The van der Waals surface area contributed by atoms with Gasteiger partial charge in [-0.2, -0.15) is 0 Å². The Hall–Kier alpha value is -2.94. The summed E-state index contributed by atoms with van der Waals surface area (Å²) in [5, 5.41) is 2.43. The number of rotatable bonds is 8. The highest BCUT2D eigenvalue weighted by molar-refractivity contribution is 7.89. The van der Waals surface area contributed by atoms with Crippen molar-refractivity contribution in [3.63, 3.8) is 0 Å². The SMILES string of the molecule is C[C@@H](NS(=O)(=O)c1ccc(OCC(=O)Nc2ccc(F)c(Cl)c2)cc1)c1ccccc1. The average Bonchev–Trinajstić information content (AvgIpc) is 2.75. The van der Waals surface area contributed by atoms with Crippen LogP contribution >= 0.6 is 11.6 Å². The third kappa shape index (κ3) is 6.27. The van der Waals surface area contributed by atoms with Crippen LogP contribution in [0.5, 0.6) is 5.75 Å². The lowest BCUT2D eigenvalue weighted by Gasteiger charge is -2.15. The van der Waals surface area contributed by atoms with Gasteiger partial charge in [0.25, 0.3) is 5.91 Å². The van der Waals surface area contributed by atoms with Gasteiger partial charge in [-0.3, -0.25) is 4.79 Å². The summed E-state index contributed by atoms with van der Waals surface area (Å²) >= 11 is 5.68. The fourth-order valence-electron chi connectivity index (χ4n) is 2.75. The molecule has 0 fully saturated rings. The Labute approximate surface area is 185 Å². The molecular weight excluding hydrogens is 443 g/mol. The van der Waals surface area contributed by atoms with Crippen molar-refractivity contribution in [3.05, 3.63) is 89.2 Å². The minimum absolute atomic E-state index is 0.0769. The summed E-state index contributed by atoms with van der Waals surface area (Å²) in [7, 11) is -3.73. The van der Waals surface area contributed by atoms with Gasteiger partial charge in [0.15, 0.2) is 6.61 Å². The number of carbonyl (C=O) groups excluding carboxylic acids is 1. The van der Waals surface area contributed by atoms with Crippen molar-refractivity contribution in [2.75, 3.05) is 11.9 Å².